The fourth-order valence-electron chi connectivity index (χ4n) is 2.65. The fraction of sp³-hybridized carbons (Fsp3) is 0.444. The summed E-state index contributed by atoms with van der Waals surface area (Å²) in [6, 6.07) is 5.89. The molecule has 1 aromatic carbocycles. The van der Waals surface area contributed by atoms with Crippen LogP contribution in [0.4, 0.5) is 4.39 Å². The summed E-state index contributed by atoms with van der Waals surface area (Å²) < 4.78 is 25.8. The number of nitrogens with one attached hydrogen (secondary N) is 1. The molecule has 1 atom stereocenters. The largest absolute Gasteiger partial charge is 0.489 e. The average Bonchev–Trinajstić information content (AvgIpc) is 3.28. The fourth-order valence-corrected chi connectivity index (χ4v) is 2.65. The molecule has 0 bridgehead atoms. The highest BCUT2D eigenvalue weighted by Crippen LogP contribution is 2.21. The first-order chi connectivity index (χ1) is 12.2. The van der Waals surface area contributed by atoms with Crippen LogP contribution in [-0.4, -0.2) is 41.6 Å². The normalized spacial score (nSPS) is 16.8. The molecule has 25 heavy (non-hydrogen) atoms. The Morgan fingerprint density at radius 1 is 1.44 bits per heavy atom. The van der Waals surface area contributed by atoms with E-state index in [0.29, 0.717) is 24.6 Å². The molecule has 1 aliphatic rings. The minimum Gasteiger partial charge on any atom is -0.489 e. The Bertz CT molecular complexity index is 709. The van der Waals surface area contributed by atoms with E-state index < -0.39 is 0 Å². The van der Waals surface area contributed by atoms with Gasteiger partial charge in [-0.1, -0.05) is 6.92 Å². The monoisotopic (exact) mass is 347 g/mol. The summed E-state index contributed by atoms with van der Waals surface area (Å²) in [4.78, 5) is 12.5. The van der Waals surface area contributed by atoms with Gasteiger partial charge in [-0.15, -0.1) is 0 Å². The Morgan fingerprint density at radius 2 is 2.24 bits per heavy atom. The van der Waals surface area contributed by atoms with Crippen molar-refractivity contribution in [2.45, 2.75) is 32.3 Å². The number of ether oxygens (including phenoxy) is 2. The second-order valence-corrected chi connectivity index (χ2v) is 5.96. The van der Waals surface area contributed by atoms with Crippen molar-refractivity contribution in [3.05, 3.63) is 42.0 Å². The third-order valence-electron chi connectivity index (χ3n) is 3.96. The lowest BCUT2D eigenvalue weighted by atomic mass is 10.2. The Hall–Kier alpha value is -2.41. The highest BCUT2D eigenvalue weighted by molar-refractivity contribution is 5.95. The van der Waals surface area contributed by atoms with Crippen LogP contribution in [0.5, 0.6) is 5.75 Å². The number of benzene rings is 1. The molecule has 1 saturated heterocycles. The van der Waals surface area contributed by atoms with E-state index in [4.69, 9.17) is 9.47 Å². The topological polar surface area (TPSA) is 65.4 Å². The van der Waals surface area contributed by atoms with Crippen LogP contribution in [-0.2, 0) is 4.74 Å². The molecule has 1 fully saturated rings. The van der Waals surface area contributed by atoms with Gasteiger partial charge in [0.05, 0.1) is 24.6 Å². The Labute approximate surface area is 145 Å². The van der Waals surface area contributed by atoms with E-state index in [0.717, 1.165) is 25.9 Å². The van der Waals surface area contributed by atoms with Gasteiger partial charge in [0.25, 0.3) is 5.91 Å². The SMILES string of the molecule is CCCOc1cn(-c2ccc(F)cc2)nc1C(=O)NC[C@@H]1CCCO1. The zero-order valence-electron chi connectivity index (χ0n) is 14.2. The number of carbonyl (C=O) groups excluding carboxylic acids is 1. The van der Waals surface area contributed by atoms with E-state index in [-0.39, 0.29) is 23.5 Å². The van der Waals surface area contributed by atoms with Gasteiger partial charge in [-0.05, 0) is 43.5 Å². The van der Waals surface area contributed by atoms with Crippen molar-refractivity contribution in [1.82, 2.24) is 15.1 Å². The first-order valence-electron chi connectivity index (χ1n) is 8.55. The van der Waals surface area contributed by atoms with Gasteiger partial charge in [0, 0.05) is 13.2 Å². The maximum atomic E-state index is 13.1. The smallest absolute Gasteiger partial charge is 0.275 e. The summed E-state index contributed by atoms with van der Waals surface area (Å²) in [6.07, 6.45) is 4.49. The number of carbonyl (C=O) groups is 1. The van der Waals surface area contributed by atoms with Gasteiger partial charge >= 0.3 is 0 Å². The molecule has 2 heterocycles. The molecule has 0 aliphatic carbocycles. The van der Waals surface area contributed by atoms with Crippen molar-refractivity contribution in [3.63, 3.8) is 0 Å². The van der Waals surface area contributed by atoms with Crippen molar-refractivity contribution in [1.29, 1.82) is 0 Å². The van der Waals surface area contributed by atoms with Crippen molar-refractivity contribution in [3.8, 4) is 11.4 Å². The lowest BCUT2D eigenvalue weighted by Crippen LogP contribution is -2.32. The van der Waals surface area contributed by atoms with Crippen molar-refractivity contribution < 1.29 is 18.7 Å². The molecule has 0 spiro atoms. The number of hydrogen-bond donors (Lipinski definition) is 1. The van der Waals surface area contributed by atoms with E-state index in [2.05, 4.69) is 10.4 Å². The first-order valence-corrected chi connectivity index (χ1v) is 8.55. The molecule has 6 nitrogen and oxygen atoms in total. The number of halogens is 1. The van der Waals surface area contributed by atoms with Gasteiger partial charge in [0.15, 0.2) is 11.4 Å². The third kappa shape index (κ3) is 4.36. The van der Waals surface area contributed by atoms with Crippen LogP contribution in [0.2, 0.25) is 0 Å². The van der Waals surface area contributed by atoms with E-state index in [1.807, 2.05) is 6.92 Å². The predicted molar refractivity (Wildman–Crippen MR) is 90.6 cm³/mol. The van der Waals surface area contributed by atoms with Gasteiger partial charge in [-0.2, -0.15) is 5.10 Å². The minimum atomic E-state index is -0.326. The molecular formula is C18H22FN3O3. The summed E-state index contributed by atoms with van der Waals surface area (Å²) >= 11 is 0. The first kappa shape index (κ1) is 17.4. The Balaban J connectivity index is 1.77. The van der Waals surface area contributed by atoms with Crippen LogP contribution in [0.15, 0.2) is 30.5 Å². The molecule has 3 rings (SSSR count). The van der Waals surface area contributed by atoms with Gasteiger partial charge < -0.3 is 14.8 Å². The van der Waals surface area contributed by atoms with Crippen LogP contribution in [0.1, 0.15) is 36.7 Å². The molecular weight excluding hydrogens is 325 g/mol. The van der Waals surface area contributed by atoms with E-state index in [1.165, 1.54) is 16.8 Å². The average molecular weight is 347 g/mol. The highest BCUT2D eigenvalue weighted by Gasteiger charge is 2.21. The molecule has 0 radical (unpaired) electrons. The Morgan fingerprint density at radius 3 is 2.92 bits per heavy atom. The maximum absolute atomic E-state index is 13.1. The molecule has 1 aromatic heterocycles. The van der Waals surface area contributed by atoms with Crippen LogP contribution in [0.25, 0.3) is 5.69 Å². The molecule has 0 saturated carbocycles. The van der Waals surface area contributed by atoms with E-state index >= 15 is 0 Å². The quantitative estimate of drug-likeness (QED) is 0.836. The Kier molecular flexibility index (Phi) is 5.65. The van der Waals surface area contributed by atoms with Gasteiger partial charge in [0.2, 0.25) is 0 Å². The number of nitrogens with zero attached hydrogens (tertiary/aromatic N) is 2. The molecule has 1 N–H and O–H groups in total. The third-order valence-corrected chi connectivity index (χ3v) is 3.96. The summed E-state index contributed by atoms with van der Waals surface area (Å²) in [5.74, 6) is -0.216. The van der Waals surface area contributed by atoms with Crippen LogP contribution in [0, 0.1) is 5.82 Å². The zero-order chi connectivity index (χ0) is 17.6. The maximum Gasteiger partial charge on any atom is 0.275 e. The number of amides is 1. The van der Waals surface area contributed by atoms with Crippen molar-refractivity contribution >= 4 is 5.91 Å². The summed E-state index contributed by atoms with van der Waals surface area (Å²) in [5, 5.41) is 7.18. The number of aromatic nitrogens is 2. The zero-order valence-corrected chi connectivity index (χ0v) is 14.2. The van der Waals surface area contributed by atoms with Crippen LogP contribution < -0.4 is 10.1 Å². The van der Waals surface area contributed by atoms with E-state index in [9.17, 15) is 9.18 Å². The van der Waals surface area contributed by atoms with Crippen LogP contribution in [0.3, 0.4) is 0 Å². The van der Waals surface area contributed by atoms with Crippen LogP contribution >= 0.6 is 0 Å². The minimum absolute atomic E-state index is 0.0585. The lowest BCUT2D eigenvalue weighted by molar-refractivity contribution is 0.0850. The van der Waals surface area contributed by atoms with Gasteiger partial charge in [-0.3, -0.25) is 4.79 Å². The number of rotatable bonds is 7. The molecule has 1 aliphatic heterocycles. The molecule has 7 heteroatoms. The predicted octanol–water partition coefficient (Wildman–Crippen LogP) is 2.71. The highest BCUT2D eigenvalue weighted by atomic mass is 19.1. The van der Waals surface area contributed by atoms with Gasteiger partial charge in [0.1, 0.15) is 5.82 Å². The molecule has 0 unspecified atom stereocenters. The van der Waals surface area contributed by atoms with Gasteiger partial charge in [-0.25, -0.2) is 9.07 Å². The van der Waals surface area contributed by atoms with Crippen molar-refractivity contribution in [2.75, 3.05) is 19.8 Å². The molecule has 2 aromatic rings. The number of hydrogen-bond acceptors (Lipinski definition) is 4. The van der Waals surface area contributed by atoms with E-state index in [1.54, 1.807) is 18.3 Å². The van der Waals surface area contributed by atoms with Crippen molar-refractivity contribution in [2.24, 2.45) is 0 Å². The lowest BCUT2D eigenvalue weighted by Gasteiger charge is -2.10. The second kappa shape index (κ2) is 8.11. The summed E-state index contributed by atoms with van der Waals surface area (Å²) in [7, 11) is 0. The standard InChI is InChI=1S/C18H22FN3O3/c1-2-9-25-16-12-22(14-7-5-13(19)6-8-14)21-17(16)18(23)20-11-15-4-3-10-24-15/h5-8,12,15H,2-4,9-11H2,1H3,(H,20,23)/t15-/m0/s1. The second-order valence-electron chi connectivity index (χ2n) is 5.96. The molecule has 1 amide bonds. The summed E-state index contributed by atoms with van der Waals surface area (Å²) in [6.45, 7) is 3.67. The molecule has 134 valence electrons. The summed E-state index contributed by atoms with van der Waals surface area (Å²) in [5.41, 5.74) is 0.872.